The van der Waals surface area contributed by atoms with Gasteiger partial charge in [-0.3, -0.25) is 4.68 Å². The molecule has 1 aromatic carbocycles. The molecule has 2 rings (SSSR count). The highest BCUT2D eigenvalue weighted by atomic mass is 15.3. The molecule has 0 saturated carbocycles. The lowest BCUT2D eigenvalue weighted by Gasteiger charge is -2.05. The minimum atomic E-state index is 0.0542. The second-order valence-corrected chi connectivity index (χ2v) is 4.27. The highest BCUT2D eigenvalue weighted by molar-refractivity contribution is 5.82. The molecule has 2 aromatic rings. The average molecular weight is 203 g/mol. The molecule has 0 saturated heterocycles. The molecular weight excluding hydrogens is 186 g/mol. The Morgan fingerprint density at radius 3 is 2.60 bits per heavy atom. The third-order valence-corrected chi connectivity index (χ3v) is 2.62. The number of hydrogen-bond donors (Lipinski definition) is 1. The van der Waals surface area contributed by atoms with Crippen LogP contribution in [0.25, 0.3) is 10.9 Å². The molecule has 0 aliphatic rings. The largest absolute Gasteiger partial charge is 0.324 e. The molecule has 0 amide bonds. The van der Waals surface area contributed by atoms with Crippen LogP contribution in [0.2, 0.25) is 0 Å². The summed E-state index contributed by atoms with van der Waals surface area (Å²) in [5.74, 6) is 0. The fourth-order valence-electron chi connectivity index (χ4n) is 1.75. The summed E-state index contributed by atoms with van der Waals surface area (Å²) in [5.41, 5.74) is 8.12. The first-order valence-electron chi connectivity index (χ1n) is 5.33. The van der Waals surface area contributed by atoms with Crippen LogP contribution < -0.4 is 5.73 Å². The molecule has 0 spiro atoms. The van der Waals surface area contributed by atoms with Gasteiger partial charge in [0.2, 0.25) is 0 Å². The van der Waals surface area contributed by atoms with Crippen molar-refractivity contribution in [1.82, 2.24) is 9.78 Å². The first kappa shape index (κ1) is 10.2. The van der Waals surface area contributed by atoms with Gasteiger partial charge in [-0.25, -0.2) is 0 Å². The Balaban J connectivity index is 2.64. The second-order valence-electron chi connectivity index (χ2n) is 4.27. The van der Waals surface area contributed by atoms with Gasteiger partial charge in [0.15, 0.2) is 0 Å². The minimum absolute atomic E-state index is 0.0542. The molecule has 80 valence electrons. The molecule has 1 heterocycles. The van der Waals surface area contributed by atoms with Crippen LogP contribution in [0.3, 0.4) is 0 Å². The Bertz CT molecular complexity index is 469. The van der Waals surface area contributed by atoms with Gasteiger partial charge in [-0.05, 0) is 32.4 Å². The summed E-state index contributed by atoms with van der Waals surface area (Å²) in [6.07, 6.45) is 2.08. The van der Waals surface area contributed by atoms with Crippen molar-refractivity contribution in [2.24, 2.45) is 5.73 Å². The van der Waals surface area contributed by atoms with E-state index >= 15 is 0 Å². The van der Waals surface area contributed by atoms with E-state index < -0.39 is 0 Å². The van der Waals surface area contributed by atoms with Crippen LogP contribution in [-0.2, 0) is 0 Å². The molecule has 3 nitrogen and oxygen atoms in total. The van der Waals surface area contributed by atoms with Crippen LogP contribution >= 0.6 is 0 Å². The molecule has 0 bridgehead atoms. The van der Waals surface area contributed by atoms with Crippen molar-refractivity contribution >= 4 is 10.9 Å². The van der Waals surface area contributed by atoms with E-state index in [2.05, 4.69) is 31.2 Å². The van der Waals surface area contributed by atoms with Gasteiger partial charge >= 0.3 is 0 Å². The van der Waals surface area contributed by atoms with Crippen LogP contribution in [-0.4, -0.2) is 9.78 Å². The molecule has 0 aliphatic heterocycles. The average Bonchev–Trinajstić information content (AvgIpc) is 2.60. The van der Waals surface area contributed by atoms with Crippen molar-refractivity contribution in [2.75, 3.05) is 0 Å². The zero-order valence-corrected chi connectivity index (χ0v) is 9.44. The van der Waals surface area contributed by atoms with Crippen LogP contribution in [0.5, 0.6) is 0 Å². The molecule has 0 fully saturated rings. The lowest BCUT2D eigenvalue weighted by molar-refractivity contribution is 0.537. The monoisotopic (exact) mass is 203 g/mol. The Labute approximate surface area is 89.9 Å². The topological polar surface area (TPSA) is 43.8 Å². The van der Waals surface area contributed by atoms with E-state index in [1.54, 1.807) is 0 Å². The predicted octanol–water partition coefficient (Wildman–Crippen LogP) is 2.64. The molecule has 0 aliphatic carbocycles. The van der Waals surface area contributed by atoms with E-state index in [-0.39, 0.29) is 6.04 Å². The summed E-state index contributed by atoms with van der Waals surface area (Å²) < 4.78 is 1.98. The summed E-state index contributed by atoms with van der Waals surface area (Å²) in [6.45, 7) is 6.25. The maximum absolute atomic E-state index is 5.93. The van der Waals surface area contributed by atoms with E-state index in [1.165, 1.54) is 10.9 Å². The smallest absolute Gasteiger partial charge is 0.0926 e. The second kappa shape index (κ2) is 3.66. The zero-order chi connectivity index (χ0) is 11.0. The maximum Gasteiger partial charge on any atom is 0.0926 e. The standard InChI is InChI=1S/C12H17N3/c1-8(2)15-7-11-10(9(3)13)5-4-6-12(11)14-15/h4-9H,13H2,1-3H3. The number of benzene rings is 1. The van der Waals surface area contributed by atoms with E-state index in [9.17, 15) is 0 Å². The predicted molar refractivity (Wildman–Crippen MR) is 62.7 cm³/mol. The molecular formula is C12H17N3. The van der Waals surface area contributed by atoms with Gasteiger partial charge in [-0.1, -0.05) is 12.1 Å². The third-order valence-electron chi connectivity index (χ3n) is 2.62. The van der Waals surface area contributed by atoms with Gasteiger partial charge in [0, 0.05) is 23.7 Å². The minimum Gasteiger partial charge on any atom is -0.324 e. The molecule has 3 heteroatoms. The highest BCUT2D eigenvalue weighted by Gasteiger charge is 2.09. The summed E-state index contributed by atoms with van der Waals surface area (Å²) >= 11 is 0. The summed E-state index contributed by atoms with van der Waals surface area (Å²) in [4.78, 5) is 0. The van der Waals surface area contributed by atoms with Crippen molar-refractivity contribution in [1.29, 1.82) is 0 Å². The quantitative estimate of drug-likeness (QED) is 0.815. The maximum atomic E-state index is 5.93. The molecule has 2 N–H and O–H groups in total. The molecule has 1 atom stereocenters. The zero-order valence-electron chi connectivity index (χ0n) is 9.44. The first-order chi connectivity index (χ1) is 7.09. The van der Waals surface area contributed by atoms with Crippen LogP contribution in [0.15, 0.2) is 24.4 Å². The number of hydrogen-bond acceptors (Lipinski definition) is 2. The van der Waals surface area contributed by atoms with Gasteiger partial charge in [-0.2, -0.15) is 5.10 Å². The Kier molecular flexibility index (Phi) is 2.49. The molecule has 1 aromatic heterocycles. The van der Waals surface area contributed by atoms with Gasteiger partial charge in [0.25, 0.3) is 0 Å². The first-order valence-corrected chi connectivity index (χ1v) is 5.33. The van der Waals surface area contributed by atoms with Crippen molar-refractivity contribution < 1.29 is 0 Å². The summed E-state index contributed by atoms with van der Waals surface area (Å²) in [5, 5.41) is 5.68. The van der Waals surface area contributed by atoms with E-state index in [0.29, 0.717) is 6.04 Å². The number of aromatic nitrogens is 2. The Hall–Kier alpha value is -1.35. The Morgan fingerprint density at radius 1 is 1.27 bits per heavy atom. The molecule has 0 radical (unpaired) electrons. The fourth-order valence-corrected chi connectivity index (χ4v) is 1.75. The van der Waals surface area contributed by atoms with Gasteiger partial charge in [0.1, 0.15) is 0 Å². The van der Waals surface area contributed by atoms with Crippen molar-refractivity contribution in [3.63, 3.8) is 0 Å². The summed E-state index contributed by atoms with van der Waals surface area (Å²) in [6, 6.07) is 6.55. The normalized spacial score (nSPS) is 13.7. The van der Waals surface area contributed by atoms with E-state index in [4.69, 9.17) is 5.73 Å². The Morgan fingerprint density at radius 2 is 2.00 bits per heavy atom. The lowest BCUT2D eigenvalue weighted by Crippen LogP contribution is -2.04. The molecule has 15 heavy (non-hydrogen) atoms. The van der Waals surface area contributed by atoms with Crippen molar-refractivity contribution in [3.8, 4) is 0 Å². The van der Waals surface area contributed by atoms with E-state index in [1.807, 2.05) is 23.7 Å². The van der Waals surface area contributed by atoms with Crippen LogP contribution in [0, 0.1) is 0 Å². The summed E-state index contributed by atoms with van der Waals surface area (Å²) in [7, 11) is 0. The van der Waals surface area contributed by atoms with E-state index in [0.717, 1.165) is 5.52 Å². The fraction of sp³-hybridized carbons (Fsp3) is 0.417. The lowest BCUT2D eigenvalue weighted by atomic mass is 10.1. The van der Waals surface area contributed by atoms with Crippen molar-refractivity contribution in [3.05, 3.63) is 30.0 Å². The van der Waals surface area contributed by atoms with Crippen LogP contribution in [0.1, 0.15) is 38.4 Å². The van der Waals surface area contributed by atoms with Gasteiger partial charge in [0.05, 0.1) is 5.52 Å². The third kappa shape index (κ3) is 1.75. The number of rotatable bonds is 2. The highest BCUT2D eigenvalue weighted by Crippen LogP contribution is 2.23. The van der Waals surface area contributed by atoms with Crippen molar-refractivity contribution in [2.45, 2.75) is 32.9 Å². The van der Waals surface area contributed by atoms with Crippen LogP contribution in [0.4, 0.5) is 0 Å². The number of nitrogens with zero attached hydrogens (tertiary/aromatic N) is 2. The van der Waals surface area contributed by atoms with Gasteiger partial charge < -0.3 is 5.73 Å². The van der Waals surface area contributed by atoms with Gasteiger partial charge in [-0.15, -0.1) is 0 Å². The molecule has 1 unspecified atom stereocenters. The number of nitrogens with two attached hydrogens (primary N) is 1. The number of fused-ring (bicyclic) bond motifs is 1. The SMILES string of the molecule is CC(N)c1cccc2nn(C(C)C)cc12.